The van der Waals surface area contributed by atoms with Crippen LogP contribution in [0.5, 0.6) is 0 Å². The Balaban J connectivity index is 0.00000288. The minimum Gasteiger partial charge on any atom is -0.339 e. The number of hydrogen-bond donors (Lipinski definition) is 1. The standard InChI is InChI=1S/C17H24FN3O2.ClH/c1-12(13(2)19)17(23)21-9-7-20(8-10-21)16(22)11-14-5-3-4-6-15(14)18;/h3-6,12-13H,7-11,19H2,1-2H3;1H. The highest BCUT2D eigenvalue weighted by atomic mass is 35.5. The molecule has 1 saturated heterocycles. The van der Waals surface area contributed by atoms with Crippen molar-refractivity contribution < 1.29 is 14.0 Å². The molecule has 0 bridgehead atoms. The molecular formula is C17H25ClFN3O2. The zero-order valence-electron chi connectivity index (χ0n) is 14.1. The third-order valence-electron chi connectivity index (χ3n) is 4.42. The lowest BCUT2D eigenvalue weighted by Crippen LogP contribution is -2.53. The summed E-state index contributed by atoms with van der Waals surface area (Å²) in [6.45, 7) is 5.59. The Morgan fingerprint density at radius 3 is 2.21 bits per heavy atom. The van der Waals surface area contributed by atoms with Crippen molar-refractivity contribution >= 4 is 24.2 Å². The van der Waals surface area contributed by atoms with Crippen molar-refractivity contribution in [2.75, 3.05) is 26.2 Å². The van der Waals surface area contributed by atoms with Crippen LogP contribution < -0.4 is 5.73 Å². The lowest BCUT2D eigenvalue weighted by atomic mass is 10.0. The summed E-state index contributed by atoms with van der Waals surface area (Å²) in [6, 6.07) is 6.11. The molecule has 1 heterocycles. The van der Waals surface area contributed by atoms with E-state index in [4.69, 9.17) is 5.73 Å². The summed E-state index contributed by atoms with van der Waals surface area (Å²) in [5.41, 5.74) is 6.18. The molecule has 1 aliphatic heterocycles. The first-order valence-corrected chi connectivity index (χ1v) is 7.95. The Morgan fingerprint density at radius 2 is 1.67 bits per heavy atom. The van der Waals surface area contributed by atoms with E-state index in [1.807, 2.05) is 13.8 Å². The fourth-order valence-electron chi connectivity index (χ4n) is 2.61. The first kappa shape index (κ1) is 20.4. The van der Waals surface area contributed by atoms with Crippen LogP contribution in [0.1, 0.15) is 19.4 Å². The van der Waals surface area contributed by atoms with Crippen molar-refractivity contribution in [3.63, 3.8) is 0 Å². The van der Waals surface area contributed by atoms with Gasteiger partial charge in [0.1, 0.15) is 5.82 Å². The molecular weight excluding hydrogens is 333 g/mol. The molecule has 2 unspecified atom stereocenters. The number of nitrogens with zero attached hydrogens (tertiary/aromatic N) is 2. The molecule has 0 aliphatic carbocycles. The van der Waals surface area contributed by atoms with Gasteiger partial charge in [-0.1, -0.05) is 25.1 Å². The van der Waals surface area contributed by atoms with Gasteiger partial charge in [-0.25, -0.2) is 4.39 Å². The molecule has 1 aliphatic rings. The van der Waals surface area contributed by atoms with Crippen LogP contribution in [0, 0.1) is 11.7 Å². The molecule has 2 N–H and O–H groups in total. The van der Waals surface area contributed by atoms with Gasteiger partial charge >= 0.3 is 0 Å². The van der Waals surface area contributed by atoms with Crippen LogP contribution in [0.2, 0.25) is 0 Å². The Labute approximate surface area is 148 Å². The van der Waals surface area contributed by atoms with Crippen molar-refractivity contribution in [1.29, 1.82) is 0 Å². The first-order chi connectivity index (χ1) is 10.9. The van der Waals surface area contributed by atoms with E-state index in [1.165, 1.54) is 6.07 Å². The van der Waals surface area contributed by atoms with E-state index in [0.29, 0.717) is 31.7 Å². The van der Waals surface area contributed by atoms with Gasteiger partial charge in [0.15, 0.2) is 0 Å². The molecule has 5 nitrogen and oxygen atoms in total. The molecule has 0 aromatic heterocycles. The monoisotopic (exact) mass is 357 g/mol. The number of amides is 2. The molecule has 1 aromatic carbocycles. The van der Waals surface area contributed by atoms with Gasteiger partial charge in [0.05, 0.1) is 12.3 Å². The number of carbonyl (C=O) groups excluding carboxylic acids is 2. The maximum absolute atomic E-state index is 13.6. The minimum atomic E-state index is -0.361. The lowest BCUT2D eigenvalue weighted by Gasteiger charge is -2.36. The number of nitrogens with two attached hydrogens (primary N) is 1. The fraction of sp³-hybridized carbons (Fsp3) is 0.529. The second-order valence-corrected chi connectivity index (χ2v) is 6.12. The minimum absolute atomic E-state index is 0. The molecule has 1 aromatic rings. The number of halogens is 2. The lowest BCUT2D eigenvalue weighted by molar-refractivity contribution is -0.141. The molecule has 0 saturated carbocycles. The average Bonchev–Trinajstić information content (AvgIpc) is 2.55. The molecule has 0 radical (unpaired) electrons. The predicted molar refractivity (Wildman–Crippen MR) is 93.3 cm³/mol. The van der Waals surface area contributed by atoms with Crippen LogP contribution in [-0.4, -0.2) is 53.8 Å². The van der Waals surface area contributed by atoms with Gasteiger partial charge in [-0.2, -0.15) is 0 Å². The largest absolute Gasteiger partial charge is 0.339 e. The van der Waals surface area contributed by atoms with E-state index in [1.54, 1.807) is 28.0 Å². The smallest absolute Gasteiger partial charge is 0.227 e. The number of piperazine rings is 1. The van der Waals surface area contributed by atoms with Crippen molar-refractivity contribution in [1.82, 2.24) is 9.80 Å². The van der Waals surface area contributed by atoms with Crippen molar-refractivity contribution in [3.8, 4) is 0 Å². The van der Waals surface area contributed by atoms with Crippen LogP contribution in [0.15, 0.2) is 24.3 Å². The second kappa shape index (κ2) is 8.99. The third-order valence-corrected chi connectivity index (χ3v) is 4.42. The van der Waals surface area contributed by atoms with Crippen molar-refractivity contribution in [3.05, 3.63) is 35.6 Å². The molecule has 7 heteroatoms. The van der Waals surface area contributed by atoms with Gasteiger partial charge in [-0.05, 0) is 18.6 Å². The highest BCUT2D eigenvalue weighted by Gasteiger charge is 2.28. The Bertz CT molecular complexity index is 575. The summed E-state index contributed by atoms with van der Waals surface area (Å²) >= 11 is 0. The molecule has 2 rings (SSSR count). The van der Waals surface area contributed by atoms with E-state index in [9.17, 15) is 14.0 Å². The zero-order chi connectivity index (χ0) is 17.0. The number of carbonyl (C=O) groups is 2. The van der Waals surface area contributed by atoms with Crippen molar-refractivity contribution in [2.45, 2.75) is 26.3 Å². The maximum atomic E-state index is 13.6. The van der Waals surface area contributed by atoms with E-state index in [0.717, 1.165) is 0 Å². The Hall–Kier alpha value is -1.66. The molecule has 0 spiro atoms. The summed E-state index contributed by atoms with van der Waals surface area (Å²) in [7, 11) is 0. The van der Waals surface area contributed by atoms with Gasteiger partial charge in [0.2, 0.25) is 11.8 Å². The number of hydrogen-bond acceptors (Lipinski definition) is 3. The Morgan fingerprint density at radius 1 is 1.12 bits per heavy atom. The topological polar surface area (TPSA) is 66.6 Å². The van der Waals surface area contributed by atoms with Crippen LogP contribution in [0.4, 0.5) is 4.39 Å². The molecule has 134 valence electrons. The van der Waals surface area contributed by atoms with E-state index in [2.05, 4.69) is 0 Å². The number of benzene rings is 1. The highest BCUT2D eigenvalue weighted by molar-refractivity contribution is 5.85. The predicted octanol–water partition coefficient (Wildman–Crippen LogP) is 1.44. The summed E-state index contributed by atoms with van der Waals surface area (Å²) < 4.78 is 13.6. The molecule has 2 amide bonds. The molecule has 2 atom stereocenters. The summed E-state index contributed by atoms with van der Waals surface area (Å²) in [6.07, 6.45) is 0.0524. The molecule has 1 fully saturated rings. The highest BCUT2D eigenvalue weighted by Crippen LogP contribution is 2.13. The zero-order valence-corrected chi connectivity index (χ0v) is 14.9. The summed E-state index contributed by atoms with van der Waals surface area (Å²) in [5.74, 6) is -0.667. The normalized spacial score (nSPS) is 17.0. The number of rotatable bonds is 4. The van der Waals surface area contributed by atoms with Gasteiger partial charge in [0, 0.05) is 32.2 Å². The Kier molecular flexibility index (Phi) is 7.63. The third kappa shape index (κ3) is 4.92. The molecule has 24 heavy (non-hydrogen) atoms. The summed E-state index contributed by atoms with van der Waals surface area (Å²) in [5, 5.41) is 0. The van der Waals surface area contributed by atoms with E-state index >= 15 is 0 Å². The van der Waals surface area contributed by atoms with Crippen molar-refractivity contribution in [2.24, 2.45) is 11.7 Å². The second-order valence-electron chi connectivity index (χ2n) is 6.12. The van der Waals surface area contributed by atoms with Crippen LogP contribution in [0.3, 0.4) is 0 Å². The van der Waals surface area contributed by atoms with Gasteiger partial charge in [-0.3, -0.25) is 9.59 Å². The average molecular weight is 358 g/mol. The fourth-order valence-corrected chi connectivity index (χ4v) is 2.61. The van der Waals surface area contributed by atoms with Gasteiger partial charge < -0.3 is 15.5 Å². The van der Waals surface area contributed by atoms with Crippen LogP contribution in [-0.2, 0) is 16.0 Å². The maximum Gasteiger partial charge on any atom is 0.227 e. The quantitative estimate of drug-likeness (QED) is 0.886. The van der Waals surface area contributed by atoms with E-state index in [-0.39, 0.29) is 48.4 Å². The SMILES string of the molecule is CC(N)C(C)C(=O)N1CCN(C(=O)Cc2ccccc2F)CC1.Cl. The van der Waals surface area contributed by atoms with Gasteiger partial charge in [0.25, 0.3) is 0 Å². The summed E-state index contributed by atoms with van der Waals surface area (Å²) in [4.78, 5) is 28.0. The van der Waals surface area contributed by atoms with Crippen LogP contribution >= 0.6 is 12.4 Å². The van der Waals surface area contributed by atoms with Gasteiger partial charge in [-0.15, -0.1) is 12.4 Å². The van der Waals surface area contributed by atoms with E-state index < -0.39 is 0 Å². The first-order valence-electron chi connectivity index (χ1n) is 7.95. The van der Waals surface area contributed by atoms with Crippen LogP contribution in [0.25, 0.3) is 0 Å².